The number of rotatable bonds is 7. The van der Waals surface area contributed by atoms with Crippen molar-refractivity contribution in [3.05, 3.63) is 72.6 Å². The predicted molar refractivity (Wildman–Crippen MR) is 93.9 cm³/mol. The average Bonchev–Trinajstić information content (AvgIpc) is 3.15. The molecule has 3 aromatic rings. The highest BCUT2D eigenvalue weighted by Gasteiger charge is 2.05. The van der Waals surface area contributed by atoms with Gasteiger partial charge in [-0.15, -0.1) is 0 Å². The van der Waals surface area contributed by atoms with Gasteiger partial charge in [0.2, 0.25) is 0 Å². The normalized spacial score (nSPS) is 10.3. The number of para-hydroxylation sites is 1. The summed E-state index contributed by atoms with van der Waals surface area (Å²) < 4.78 is 12.3. The van der Waals surface area contributed by atoms with Crippen LogP contribution in [-0.2, 0) is 11.3 Å². The minimum atomic E-state index is -0.191. The molecule has 0 aliphatic carbocycles. The highest BCUT2D eigenvalue weighted by molar-refractivity contribution is 5.77. The summed E-state index contributed by atoms with van der Waals surface area (Å²) in [6.07, 6.45) is 3.62. The Hall–Kier alpha value is -3.28. The van der Waals surface area contributed by atoms with Crippen molar-refractivity contribution in [2.75, 3.05) is 13.7 Å². The van der Waals surface area contributed by atoms with E-state index in [9.17, 15) is 4.79 Å². The van der Waals surface area contributed by atoms with Gasteiger partial charge in [0.1, 0.15) is 11.5 Å². The minimum Gasteiger partial charge on any atom is -0.497 e. The van der Waals surface area contributed by atoms with E-state index >= 15 is 0 Å². The standard InChI is InChI=1S/C19H19N3O3/c1-24-17-7-9-18(10-8-17)25-14-19(23)20-11-15-12-21-22(13-15)16-5-3-2-4-6-16/h2-10,12-13H,11,14H2,1H3,(H,20,23). The maximum absolute atomic E-state index is 11.9. The predicted octanol–water partition coefficient (Wildman–Crippen LogP) is 2.58. The molecule has 0 aliphatic rings. The highest BCUT2D eigenvalue weighted by Crippen LogP contribution is 2.16. The highest BCUT2D eigenvalue weighted by atomic mass is 16.5. The van der Waals surface area contributed by atoms with E-state index in [0.29, 0.717) is 12.3 Å². The van der Waals surface area contributed by atoms with Crippen LogP contribution in [0.4, 0.5) is 0 Å². The number of methoxy groups -OCH3 is 1. The Morgan fingerprint density at radius 3 is 2.52 bits per heavy atom. The van der Waals surface area contributed by atoms with Crippen LogP contribution in [0, 0.1) is 0 Å². The molecule has 25 heavy (non-hydrogen) atoms. The van der Waals surface area contributed by atoms with E-state index < -0.39 is 0 Å². The van der Waals surface area contributed by atoms with Crippen molar-refractivity contribution >= 4 is 5.91 Å². The van der Waals surface area contributed by atoms with Crippen molar-refractivity contribution in [1.82, 2.24) is 15.1 Å². The third-order valence-electron chi connectivity index (χ3n) is 3.58. The molecule has 0 atom stereocenters. The average molecular weight is 337 g/mol. The van der Waals surface area contributed by atoms with Crippen molar-refractivity contribution in [3.8, 4) is 17.2 Å². The molecule has 3 rings (SSSR count). The lowest BCUT2D eigenvalue weighted by Crippen LogP contribution is -2.28. The summed E-state index contributed by atoms with van der Waals surface area (Å²) in [6, 6.07) is 16.9. The molecule has 0 spiro atoms. The van der Waals surface area contributed by atoms with Crippen molar-refractivity contribution < 1.29 is 14.3 Å². The third-order valence-corrected chi connectivity index (χ3v) is 3.58. The van der Waals surface area contributed by atoms with Crippen LogP contribution in [0.15, 0.2) is 67.0 Å². The van der Waals surface area contributed by atoms with Gasteiger partial charge < -0.3 is 14.8 Å². The molecule has 0 bridgehead atoms. The lowest BCUT2D eigenvalue weighted by atomic mass is 10.3. The number of carbonyl (C=O) groups is 1. The molecule has 128 valence electrons. The zero-order valence-electron chi connectivity index (χ0n) is 13.9. The third kappa shape index (κ3) is 4.60. The summed E-state index contributed by atoms with van der Waals surface area (Å²) in [5, 5.41) is 7.11. The van der Waals surface area contributed by atoms with E-state index in [1.165, 1.54) is 0 Å². The Morgan fingerprint density at radius 1 is 1.08 bits per heavy atom. The van der Waals surface area contributed by atoms with Crippen molar-refractivity contribution in [1.29, 1.82) is 0 Å². The summed E-state index contributed by atoms with van der Waals surface area (Å²) in [6.45, 7) is 0.358. The largest absolute Gasteiger partial charge is 0.497 e. The first-order valence-corrected chi connectivity index (χ1v) is 7.87. The fourth-order valence-electron chi connectivity index (χ4n) is 2.25. The van der Waals surface area contributed by atoms with Crippen LogP contribution in [0.5, 0.6) is 11.5 Å². The molecule has 1 heterocycles. The van der Waals surface area contributed by atoms with Crippen LogP contribution in [0.25, 0.3) is 5.69 Å². The lowest BCUT2D eigenvalue weighted by Gasteiger charge is -2.07. The second kappa shape index (κ2) is 8.01. The van der Waals surface area contributed by atoms with Gasteiger partial charge in [-0.25, -0.2) is 4.68 Å². The van der Waals surface area contributed by atoms with Gasteiger partial charge in [0.05, 0.1) is 19.0 Å². The maximum Gasteiger partial charge on any atom is 0.258 e. The first-order valence-electron chi connectivity index (χ1n) is 7.87. The van der Waals surface area contributed by atoms with Crippen LogP contribution in [0.2, 0.25) is 0 Å². The second-order valence-electron chi connectivity index (χ2n) is 5.37. The molecule has 0 saturated heterocycles. The molecule has 0 saturated carbocycles. The van der Waals surface area contributed by atoms with Gasteiger partial charge in [0.25, 0.3) is 5.91 Å². The molecule has 1 N–H and O–H groups in total. The van der Waals surface area contributed by atoms with Gasteiger partial charge >= 0.3 is 0 Å². The summed E-state index contributed by atoms with van der Waals surface area (Å²) in [7, 11) is 1.60. The Bertz CT molecular complexity index is 813. The molecular formula is C19H19N3O3. The fourth-order valence-corrected chi connectivity index (χ4v) is 2.25. The number of aromatic nitrogens is 2. The van der Waals surface area contributed by atoms with Crippen LogP contribution in [0.1, 0.15) is 5.56 Å². The molecule has 0 aliphatic heterocycles. The quantitative estimate of drug-likeness (QED) is 0.720. The Kier molecular flexibility index (Phi) is 5.31. The minimum absolute atomic E-state index is 0.0425. The Balaban J connectivity index is 1.46. The number of ether oxygens (including phenoxy) is 2. The number of hydrogen-bond donors (Lipinski definition) is 1. The SMILES string of the molecule is COc1ccc(OCC(=O)NCc2cnn(-c3ccccc3)c2)cc1. The zero-order valence-corrected chi connectivity index (χ0v) is 13.9. The number of nitrogens with zero attached hydrogens (tertiary/aromatic N) is 2. The summed E-state index contributed by atoms with van der Waals surface area (Å²) in [5.74, 6) is 1.17. The van der Waals surface area contributed by atoms with E-state index in [4.69, 9.17) is 9.47 Å². The van der Waals surface area contributed by atoms with Gasteiger partial charge in [-0.2, -0.15) is 5.10 Å². The van der Waals surface area contributed by atoms with Gasteiger partial charge in [-0.1, -0.05) is 18.2 Å². The van der Waals surface area contributed by atoms with Crippen LogP contribution >= 0.6 is 0 Å². The van der Waals surface area contributed by atoms with Gasteiger partial charge in [-0.3, -0.25) is 4.79 Å². The second-order valence-corrected chi connectivity index (χ2v) is 5.37. The summed E-state index contributed by atoms with van der Waals surface area (Å²) >= 11 is 0. The summed E-state index contributed by atoms with van der Waals surface area (Å²) in [4.78, 5) is 11.9. The van der Waals surface area contributed by atoms with Gasteiger partial charge in [0.15, 0.2) is 6.61 Å². The first-order chi connectivity index (χ1) is 12.2. The molecule has 0 radical (unpaired) electrons. The number of benzene rings is 2. The maximum atomic E-state index is 11.9. The molecule has 0 unspecified atom stereocenters. The smallest absolute Gasteiger partial charge is 0.258 e. The molecule has 0 fully saturated rings. The van der Waals surface area contributed by atoms with E-state index in [1.807, 2.05) is 36.5 Å². The molecule has 2 aromatic carbocycles. The number of hydrogen-bond acceptors (Lipinski definition) is 4. The number of amides is 1. The molecular weight excluding hydrogens is 318 g/mol. The van der Waals surface area contributed by atoms with E-state index in [0.717, 1.165) is 17.0 Å². The molecule has 6 nitrogen and oxygen atoms in total. The van der Waals surface area contributed by atoms with E-state index in [2.05, 4.69) is 10.4 Å². The Morgan fingerprint density at radius 2 is 1.80 bits per heavy atom. The Labute approximate surface area is 146 Å². The zero-order chi connectivity index (χ0) is 17.5. The number of nitrogens with one attached hydrogen (secondary N) is 1. The van der Waals surface area contributed by atoms with Crippen molar-refractivity contribution in [2.45, 2.75) is 6.54 Å². The van der Waals surface area contributed by atoms with Crippen LogP contribution in [0.3, 0.4) is 0 Å². The van der Waals surface area contributed by atoms with E-state index in [-0.39, 0.29) is 12.5 Å². The monoisotopic (exact) mass is 337 g/mol. The molecule has 1 amide bonds. The molecule has 1 aromatic heterocycles. The lowest BCUT2D eigenvalue weighted by molar-refractivity contribution is -0.123. The van der Waals surface area contributed by atoms with Crippen molar-refractivity contribution in [3.63, 3.8) is 0 Å². The fraction of sp³-hybridized carbons (Fsp3) is 0.158. The first kappa shape index (κ1) is 16.6. The van der Waals surface area contributed by atoms with Gasteiger partial charge in [0, 0.05) is 18.3 Å². The topological polar surface area (TPSA) is 65.4 Å². The van der Waals surface area contributed by atoms with Gasteiger partial charge in [-0.05, 0) is 36.4 Å². The van der Waals surface area contributed by atoms with E-state index in [1.54, 1.807) is 42.3 Å². The summed E-state index contributed by atoms with van der Waals surface area (Å²) in [5.41, 5.74) is 1.89. The van der Waals surface area contributed by atoms with Crippen molar-refractivity contribution in [2.24, 2.45) is 0 Å². The number of carbonyl (C=O) groups excluding carboxylic acids is 1. The molecule has 6 heteroatoms. The van der Waals surface area contributed by atoms with Crippen LogP contribution < -0.4 is 14.8 Å². The van der Waals surface area contributed by atoms with Crippen LogP contribution in [-0.4, -0.2) is 29.4 Å².